The Morgan fingerprint density at radius 2 is 1.79 bits per heavy atom. The third-order valence-electron chi connectivity index (χ3n) is 4.91. The van der Waals surface area contributed by atoms with Gasteiger partial charge in [-0.2, -0.15) is 0 Å². The van der Waals surface area contributed by atoms with E-state index >= 15 is 0 Å². The number of ketones is 1. The average molecular weight is 409 g/mol. The quantitative estimate of drug-likeness (QED) is 0.317. The lowest BCUT2D eigenvalue weighted by molar-refractivity contribution is 0.102. The molecule has 0 amide bonds. The Hall–Kier alpha value is -2.93. The van der Waals surface area contributed by atoms with Gasteiger partial charge in [0.1, 0.15) is 5.82 Å². The van der Waals surface area contributed by atoms with Gasteiger partial charge in [-0.25, -0.2) is 4.39 Å². The van der Waals surface area contributed by atoms with Crippen molar-refractivity contribution in [2.24, 2.45) is 0 Å². The van der Waals surface area contributed by atoms with Crippen LogP contribution in [0.2, 0.25) is 0 Å². The number of fused-ring (bicyclic) bond motifs is 1. The summed E-state index contributed by atoms with van der Waals surface area (Å²) in [6, 6.07) is 14.4. The van der Waals surface area contributed by atoms with Gasteiger partial charge in [-0.3, -0.25) is 4.79 Å². The molecule has 0 fully saturated rings. The molecule has 4 aromatic rings. The van der Waals surface area contributed by atoms with Gasteiger partial charge >= 0.3 is 0 Å². The smallest absolute Gasteiger partial charge is 0.191 e. The predicted octanol–water partition coefficient (Wildman–Crippen LogP) is 5.05. The monoisotopic (exact) mass is 408 g/mol. The number of aryl methyl sites for hydroxylation is 1. The van der Waals surface area contributed by atoms with Crippen LogP contribution in [0.25, 0.3) is 22.3 Å². The number of hydrogen-bond donors (Lipinski definition) is 0. The summed E-state index contributed by atoms with van der Waals surface area (Å²) >= 11 is 1.33. The van der Waals surface area contributed by atoms with Crippen LogP contribution in [0.15, 0.2) is 59.9 Å². The Kier molecular flexibility index (Phi) is 5.49. The van der Waals surface area contributed by atoms with Crippen LogP contribution in [-0.4, -0.2) is 30.9 Å². The van der Waals surface area contributed by atoms with E-state index in [2.05, 4.69) is 21.7 Å². The van der Waals surface area contributed by atoms with Crippen molar-refractivity contribution < 1.29 is 9.18 Å². The zero-order valence-corrected chi connectivity index (χ0v) is 17.1. The fourth-order valence-electron chi connectivity index (χ4n) is 3.46. The van der Waals surface area contributed by atoms with Crippen molar-refractivity contribution in [2.75, 3.05) is 5.75 Å². The molecule has 2 heterocycles. The standard InChI is InChI=1S/C22H21FN4OS/c1-3-26-13-17(15-9-6-8-12-19(15)26)20(28)14-29-22-25-24-21(27(22)4-2)16-10-5-7-11-18(16)23/h5-13H,3-4,14H2,1-2H3. The first-order valence-electron chi connectivity index (χ1n) is 9.56. The number of para-hydroxylation sites is 1. The summed E-state index contributed by atoms with van der Waals surface area (Å²) in [6.07, 6.45) is 1.92. The number of nitrogens with zero attached hydrogens (tertiary/aromatic N) is 4. The lowest BCUT2D eigenvalue weighted by Gasteiger charge is -2.07. The second-order valence-electron chi connectivity index (χ2n) is 6.59. The lowest BCUT2D eigenvalue weighted by Crippen LogP contribution is -2.05. The van der Waals surface area contributed by atoms with Crippen molar-refractivity contribution in [1.82, 2.24) is 19.3 Å². The zero-order valence-electron chi connectivity index (χ0n) is 16.3. The summed E-state index contributed by atoms with van der Waals surface area (Å²) in [5.41, 5.74) is 2.18. The molecule has 2 aromatic heterocycles. The van der Waals surface area contributed by atoms with Crippen molar-refractivity contribution >= 4 is 28.4 Å². The van der Waals surface area contributed by atoms with Gasteiger partial charge in [-0.1, -0.05) is 42.1 Å². The number of thioether (sulfide) groups is 1. The normalized spacial score (nSPS) is 11.3. The molecule has 0 N–H and O–H groups in total. The molecule has 0 radical (unpaired) electrons. The highest BCUT2D eigenvalue weighted by Crippen LogP contribution is 2.28. The molecule has 29 heavy (non-hydrogen) atoms. The first kappa shape index (κ1) is 19.4. The van der Waals surface area contributed by atoms with Crippen LogP contribution in [0.5, 0.6) is 0 Å². The fourth-order valence-corrected chi connectivity index (χ4v) is 4.35. The number of halogens is 1. The maximum absolute atomic E-state index is 14.2. The zero-order chi connectivity index (χ0) is 20.4. The van der Waals surface area contributed by atoms with Gasteiger partial charge in [0, 0.05) is 35.8 Å². The number of hydrogen-bond acceptors (Lipinski definition) is 4. The van der Waals surface area contributed by atoms with Crippen LogP contribution in [0, 0.1) is 5.82 Å². The van der Waals surface area contributed by atoms with Crippen LogP contribution < -0.4 is 0 Å². The second kappa shape index (κ2) is 8.21. The number of aromatic nitrogens is 4. The summed E-state index contributed by atoms with van der Waals surface area (Å²) in [4.78, 5) is 12.9. The minimum absolute atomic E-state index is 0.0384. The van der Waals surface area contributed by atoms with E-state index in [-0.39, 0.29) is 17.4 Å². The summed E-state index contributed by atoms with van der Waals surface area (Å²) < 4.78 is 18.1. The average Bonchev–Trinajstić information content (AvgIpc) is 3.33. The summed E-state index contributed by atoms with van der Waals surface area (Å²) in [5.74, 6) is 0.418. The summed E-state index contributed by atoms with van der Waals surface area (Å²) in [6.45, 7) is 5.40. The molecule has 0 unspecified atom stereocenters. The molecule has 0 spiro atoms. The SMILES string of the molecule is CCn1c(SCC(=O)c2cn(CC)c3ccccc23)nnc1-c1ccccc1F. The van der Waals surface area contributed by atoms with E-state index < -0.39 is 0 Å². The van der Waals surface area contributed by atoms with Gasteiger partial charge < -0.3 is 9.13 Å². The predicted molar refractivity (Wildman–Crippen MR) is 114 cm³/mol. The van der Waals surface area contributed by atoms with Crippen LogP contribution >= 0.6 is 11.8 Å². The number of rotatable bonds is 7. The number of carbonyl (C=O) groups excluding carboxylic acids is 1. The fraction of sp³-hybridized carbons (Fsp3) is 0.227. The van der Waals surface area contributed by atoms with E-state index in [1.165, 1.54) is 17.8 Å². The van der Waals surface area contributed by atoms with Gasteiger partial charge in [0.25, 0.3) is 0 Å². The van der Waals surface area contributed by atoms with Gasteiger partial charge in [0.05, 0.1) is 11.3 Å². The topological polar surface area (TPSA) is 52.7 Å². The second-order valence-corrected chi connectivity index (χ2v) is 7.53. The molecule has 0 aliphatic rings. The first-order chi connectivity index (χ1) is 14.1. The summed E-state index contributed by atoms with van der Waals surface area (Å²) in [5, 5.41) is 9.95. The van der Waals surface area contributed by atoms with Crippen LogP contribution in [0.4, 0.5) is 4.39 Å². The van der Waals surface area contributed by atoms with Gasteiger partial charge in [-0.05, 0) is 32.0 Å². The molecular weight excluding hydrogens is 387 g/mol. The minimum Gasteiger partial charge on any atom is -0.347 e. The van der Waals surface area contributed by atoms with Crippen LogP contribution in [0.3, 0.4) is 0 Å². The minimum atomic E-state index is -0.338. The Morgan fingerprint density at radius 3 is 2.55 bits per heavy atom. The molecule has 5 nitrogen and oxygen atoms in total. The lowest BCUT2D eigenvalue weighted by atomic mass is 10.1. The van der Waals surface area contributed by atoms with E-state index in [4.69, 9.17) is 0 Å². The number of Topliss-reactive ketones (excluding diaryl/α,β-unsaturated/α-hetero) is 1. The van der Waals surface area contributed by atoms with Crippen molar-refractivity contribution in [3.8, 4) is 11.4 Å². The van der Waals surface area contributed by atoms with Crippen molar-refractivity contribution in [2.45, 2.75) is 32.1 Å². The third kappa shape index (κ3) is 3.58. The molecule has 0 saturated carbocycles. The van der Waals surface area contributed by atoms with Gasteiger partial charge in [0.15, 0.2) is 16.8 Å². The largest absolute Gasteiger partial charge is 0.347 e. The van der Waals surface area contributed by atoms with E-state index in [0.29, 0.717) is 28.7 Å². The Labute approximate surface area is 172 Å². The van der Waals surface area contributed by atoms with Crippen LogP contribution in [0.1, 0.15) is 24.2 Å². The third-order valence-corrected chi connectivity index (χ3v) is 5.88. The van der Waals surface area contributed by atoms with E-state index in [1.54, 1.807) is 18.2 Å². The molecule has 0 bridgehead atoms. The van der Waals surface area contributed by atoms with Crippen molar-refractivity contribution in [1.29, 1.82) is 0 Å². The van der Waals surface area contributed by atoms with E-state index in [0.717, 1.165) is 17.4 Å². The Bertz CT molecular complexity index is 1180. The van der Waals surface area contributed by atoms with Crippen molar-refractivity contribution in [3.05, 3.63) is 66.1 Å². The molecular formula is C22H21FN4OS. The van der Waals surface area contributed by atoms with Crippen LogP contribution in [-0.2, 0) is 13.1 Å². The summed E-state index contributed by atoms with van der Waals surface area (Å²) in [7, 11) is 0. The van der Waals surface area contributed by atoms with Gasteiger partial charge in [0.2, 0.25) is 0 Å². The highest BCUT2D eigenvalue weighted by atomic mass is 32.2. The Morgan fingerprint density at radius 1 is 1.03 bits per heavy atom. The molecule has 7 heteroatoms. The molecule has 4 rings (SSSR count). The maximum Gasteiger partial charge on any atom is 0.191 e. The number of benzene rings is 2. The molecule has 0 atom stereocenters. The van der Waals surface area contributed by atoms with Gasteiger partial charge in [-0.15, -0.1) is 10.2 Å². The molecule has 0 aliphatic heterocycles. The van der Waals surface area contributed by atoms with Crippen molar-refractivity contribution in [3.63, 3.8) is 0 Å². The maximum atomic E-state index is 14.2. The highest BCUT2D eigenvalue weighted by molar-refractivity contribution is 7.99. The number of carbonyl (C=O) groups is 1. The van der Waals surface area contributed by atoms with E-state index in [9.17, 15) is 9.18 Å². The first-order valence-corrected chi connectivity index (χ1v) is 10.5. The molecule has 0 saturated heterocycles. The molecule has 2 aromatic carbocycles. The van der Waals surface area contributed by atoms with E-state index in [1.807, 2.05) is 42.0 Å². The highest BCUT2D eigenvalue weighted by Gasteiger charge is 2.19. The molecule has 148 valence electrons. The molecule has 0 aliphatic carbocycles. The Balaban J connectivity index is 1.59.